The lowest BCUT2D eigenvalue weighted by atomic mass is 9.88. The molecule has 6 nitrogen and oxygen atoms in total. The summed E-state index contributed by atoms with van der Waals surface area (Å²) in [6.45, 7) is 2.87. The lowest BCUT2D eigenvalue weighted by Crippen LogP contribution is -2.43. The molecule has 2 heterocycles. The summed E-state index contributed by atoms with van der Waals surface area (Å²) in [5, 5.41) is 0. The van der Waals surface area contributed by atoms with Crippen LogP contribution >= 0.6 is 0 Å². The predicted octanol–water partition coefficient (Wildman–Crippen LogP) is 3.76. The van der Waals surface area contributed by atoms with Crippen LogP contribution in [0.3, 0.4) is 0 Å². The summed E-state index contributed by atoms with van der Waals surface area (Å²) in [4.78, 5) is 41.7. The van der Waals surface area contributed by atoms with E-state index in [0.717, 1.165) is 23.8 Å². The molecule has 0 aliphatic carbocycles. The van der Waals surface area contributed by atoms with Crippen LogP contribution in [0.15, 0.2) is 36.4 Å². The van der Waals surface area contributed by atoms with Gasteiger partial charge in [0.15, 0.2) is 5.78 Å². The number of benzene rings is 2. The van der Waals surface area contributed by atoms with E-state index in [2.05, 4.69) is 0 Å². The Morgan fingerprint density at radius 1 is 1.03 bits per heavy atom. The molecular formula is C25H26F2N2O4. The third-order valence-electron chi connectivity index (χ3n) is 6.47. The van der Waals surface area contributed by atoms with Crippen LogP contribution in [0.25, 0.3) is 0 Å². The number of piperidine rings is 1. The zero-order valence-corrected chi connectivity index (χ0v) is 18.6. The second-order valence-electron chi connectivity index (χ2n) is 8.67. The van der Waals surface area contributed by atoms with Crippen molar-refractivity contribution >= 4 is 23.3 Å². The fraction of sp³-hybridized carbons (Fsp3) is 0.400. The number of aryl methyl sites for hydroxylation is 1. The van der Waals surface area contributed by atoms with Gasteiger partial charge in [-0.25, -0.2) is 8.78 Å². The van der Waals surface area contributed by atoms with Crippen molar-refractivity contribution in [2.75, 3.05) is 31.6 Å². The van der Waals surface area contributed by atoms with Crippen molar-refractivity contribution in [3.05, 3.63) is 59.2 Å². The highest BCUT2D eigenvalue weighted by Gasteiger charge is 2.39. The monoisotopic (exact) mass is 456 g/mol. The van der Waals surface area contributed by atoms with Gasteiger partial charge in [0, 0.05) is 32.0 Å². The van der Waals surface area contributed by atoms with E-state index < -0.39 is 29.3 Å². The van der Waals surface area contributed by atoms with Crippen molar-refractivity contribution in [3.8, 4) is 5.75 Å². The number of hydrogen-bond donors (Lipinski definition) is 0. The number of methoxy groups -OCH3 is 1. The van der Waals surface area contributed by atoms with E-state index in [1.165, 1.54) is 0 Å². The average Bonchev–Trinajstić information content (AvgIpc) is 3.21. The minimum atomic E-state index is -0.740. The van der Waals surface area contributed by atoms with Gasteiger partial charge >= 0.3 is 0 Å². The van der Waals surface area contributed by atoms with Crippen molar-refractivity contribution in [1.29, 1.82) is 0 Å². The molecule has 0 spiro atoms. The second kappa shape index (κ2) is 9.29. The number of anilines is 1. The van der Waals surface area contributed by atoms with Crippen LogP contribution in [0, 0.1) is 30.4 Å². The molecule has 2 fully saturated rings. The molecule has 8 heteroatoms. The largest absolute Gasteiger partial charge is 0.495 e. The summed E-state index contributed by atoms with van der Waals surface area (Å²) < 4.78 is 32.8. The molecule has 2 aromatic carbocycles. The van der Waals surface area contributed by atoms with E-state index in [-0.39, 0.29) is 30.3 Å². The molecular weight excluding hydrogens is 430 g/mol. The number of amides is 2. The molecule has 0 N–H and O–H groups in total. The Bertz CT molecular complexity index is 1100. The first-order valence-corrected chi connectivity index (χ1v) is 11.0. The average molecular weight is 456 g/mol. The number of nitrogens with zero attached hydrogens (tertiary/aromatic N) is 2. The molecule has 2 saturated heterocycles. The van der Waals surface area contributed by atoms with E-state index in [1.54, 1.807) is 23.0 Å². The van der Waals surface area contributed by atoms with Gasteiger partial charge in [-0.3, -0.25) is 14.4 Å². The summed E-state index contributed by atoms with van der Waals surface area (Å²) in [6.07, 6.45) is 0.858. The number of carbonyl (C=O) groups excluding carboxylic acids is 3. The van der Waals surface area contributed by atoms with Gasteiger partial charge in [-0.2, -0.15) is 0 Å². The topological polar surface area (TPSA) is 66.9 Å². The minimum absolute atomic E-state index is 0.114. The lowest BCUT2D eigenvalue weighted by Gasteiger charge is -2.33. The van der Waals surface area contributed by atoms with E-state index >= 15 is 0 Å². The Hall–Kier alpha value is -3.29. The first kappa shape index (κ1) is 22.9. The number of ether oxygens (including phenoxy) is 1. The highest BCUT2D eigenvalue weighted by atomic mass is 19.1. The fourth-order valence-electron chi connectivity index (χ4n) is 4.64. The summed E-state index contributed by atoms with van der Waals surface area (Å²) in [5.74, 6) is -2.47. The van der Waals surface area contributed by atoms with Crippen molar-refractivity contribution in [2.45, 2.75) is 26.2 Å². The van der Waals surface area contributed by atoms with Crippen LogP contribution in [0.4, 0.5) is 14.5 Å². The van der Waals surface area contributed by atoms with E-state index in [4.69, 9.17) is 4.74 Å². The summed E-state index contributed by atoms with van der Waals surface area (Å²) in [6, 6.07) is 8.42. The molecule has 1 unspecified atom stereocenters. The summed E-state index contributed by atoms with van der Waals surface area (Å²) in [5.41, 5.74) is 1.39. The fourth-order valence-corrected chi connectivity index (χ4v) is 4.64. The Labute approximate surface area is 191 Å². The molecule has 2 aliphatic rings. The summed E-state index contributed by atoms with van der Waals surface area (Å²) >= 11 is 0. The van der Waals surface area contributed by atoms with Crippen LogP contribution in [0.1, 0.15) is 35.2 Å². The molecule has 2 aromatic rings. The van der Waals surface area contributed by atoms with Crippen molar-refractivity contribution in [2.24, 2.45) is 11.8 Å². The van der Waals surface area contributed by atoms with Gasteiger partial charge < -0.3 is 14.5 Å². The zero-order valence-electron chi connectivity index (χ0n) is 18.6. The second-order valence-corrected chi connectivity index (χ2v) is 8.67. The van der Waals surface area contributed by atoms with Gasteiger partial charge in [0.25, 0.3) is 0 Å². The van der Waals surface area contributed by atoms with Gasteiger partial charge in [0.05, 0.1) is 24.3 Å². The molecule has 0 saturated carbocycles. The van der Waals surface area contributed by atoms with Gasteiger partial charge in [-0.15, -0.1) is 0 Å². The molecule has 0 bridgehead atoms. The number of hydrogen-bond acceptors (Lipinski definition) is 4. The number of Topliss-reactive ketones (excluding diaryl/α,β-unsaturated/α-hetero) is 1. The summed E-state index contributed by atoms with van der Waals surface area (Å²) in [7, 11) is 1.54. The van der Waals surface area contributed by atoms with Crippen LogP contribution < -0.4 is 9.64 Å². The number of rotatable bonds is 5. The first-order chi connectivity index (χ1) is 15.8. The molecule has 174 valence electrons. The Balaban J connectivity index is 1.39. The van der Waals surface area contributed by atoms with Crippen molar-refractivity contribution in [1.82, 2.24) is 4.90 Å². The predicted molar refractivity (Wildman–Crippen MR) is 118 cm³/mol. The highest BCUT2D eigenvalue weighted by Crippen LogP contribution is 2.35. The van der Waals surface area contributed by atoms with Crippen LogP contribution in [0.2, 0.25) is 0 Å². The van der Waals surface area contributed by atoms with Crippen molar-refractivity contribution in [3.63, 3.8) is 0 Å². The number of likely N-dealkylation sites (tertiary alicyclic amines) is 1. The number of carbonyl (C=O) groups is 3. The Morgan fingerprint density at radius 2 is 1.76 bits per heavy atom. The SMILES string of the molecule is COc1ccc(C)cc1N1CC(C(=O)N2CCC(C(=O)c3cc(F)ccc3F)CC2)CC1=O. The molecule has 2 amide bonds. The zero-order chi connectivity index (χ0) is 23.7. The van der Waals surface area contributed by atoms with Crippen LogP contribution in [-0.2, 0) is 9.59 Å². The molecule has 2 aliphatic heterocycles. The molecule has 1 atom stereocenters. The van der Waals surface area contributed by atoms with E-state index in [0.29, 0.717) is 37.4 Å². The maximum absolute atomic E-state index is 14.0. The smallest absolute Gasteiger partial charge is 0.228 e. The molecule has 4 rings (SSSR count). The maximum Gasteiger partial charge on any atom is 0.228 e. The molecule has 33 heavy (non-hydrogen) atoms. The van der Waals surface area contributed by atoms with Gasteiger partial charge in [-0.05, 0) is 55.7 Å². The van der Waals surface area contributed by atoms with E-state index in [9.17, 15) is 23.2 Å². The maximum atomic E-state index is 14.0. The normalized spacial score (nSPS) is 19.2. The molecule has 0 aromatic heterocycles. The quantitative estimate of drug-likeness (QED) is 0.643. The highest BCUT2D eigenvalue weighted by molar-refractivity contribution is 6.01. The van der Waals surface area contributed by atoms with Crippen LogP contribution in [-0.4, -0.2) is 49.2 Å². The van der Waals surface area contributed by atoms with Crippen molar-refractivity contribution < 1.29 is 27.9 Å². The minimum Gasteiger partial charge on any atom is -0.495 e. The number of halogens is 2. The van der Waals surface area contributed by atoms with Gasteiger partial charge in [0.1, 0.15) is 17.4 Å². The van der Waals surface area contributed by atoms with E-state index in [1.807, 2.05) is 19.1 Å². The third-order valence-corrected chi connectivity index (χ3v) is 6.47. The molecule has 0 radical (unpaired) electrons. The van der Waals surface area contributed by atoms with Gasteiger partial charge in [0.2, 0.25) is 11.8 Å². The number of ketones is 1. The Morgan fingerprint density at radius 3 is 2.45 bits per heavy atom. The van der Waals surface area contributed by atoms with Crippen LogP contribution in [0.5, 0.6) is 5.75 Å². The first-order valence-electron chi connectivity index (χ1n) is 11.0. The Kier molecular flexibility index (Phi) is 6.44. The standard InChI is InChI=1S/C25H26F2N2O4/c1-15-3-6-22(33-2)21(11-15)29-14-17(12-23(29)30)25(32)28-9-7-16(8-10-28)24(31)19-13-18(26)4-5-20(19)27/h3-6,11,13,16-17H,7-10,12,14H2,1-2H3. The lowest BCUT2D eigenvalue weighted by molar-refractivity contribution is -0.137. The third kappa shape index (κ3) is 4.60. The van der Waals surface area contributed by atoms with Gasteiger partial charge in [-0.1, -0.05) is 6.07 Å².